The van der Waals surface area contributed by atoms with Crippen molar-refractivity contribution < 1.29 is 22.3 Å². The fraction of sp³-hybridized carbons (Fsp3) is 0.125. The Morgan fingerprint density at radius 2 is 2.00 bits per heavy atom. The average molecular weight is 248 g/mol. The molecule has 0 aliphatic carbocycles. The van der Waals surface area contributed by atoms with Crippen LogP contribution in [-0.4, -0.2) is 21.4 Å². The lowest BCUT2D eigenvalue weighted by Crippen LogP contribution is -2.17. The molecule has 0 radical (unpaired) electrons. The topological polar surface area (TPSA) is 112 Å². The van der Waals surface area contributed by atoms with E-state index in [2.05, 4.69) is 4.74 Å². The van der Waals surface area contributed by atoms with Crippen LogP contribution in [0, 0.1) is 5.82 Å². The van der Waals surface area contributed by atoms with Crippen molar-refractivity contribution in [2.24, 2.45) is 10.9 Å². The zero-order valence-electron chi connectivity index (χ0n) is 8.23. The van der Waals surface area contributed by atoms with Gasteiger partial charge in [0.2, 0.25) is 15.9 Å². The van der Waals surface area contributed by atoms with Gasteiger partial charge in [-0.2, -0.15) is 0 Å². The van der Waals surface area contributed by atoms with Crippen LogP contribution in [0.15, 0.2) is 17.0 Å². The molecule has 0 aliphatic rings. The third kappa shape index (κ3) is 2.28. The molecule has 0 aromatic heterocycles. The molecule has 1 aromatic carbocycles. The molecule has 1 amide bonds. The van der Waals surface area contributed by atoms with Crippen LogP contribution in [-0.2, 0) is 10.0 Å². The van der Waals surface area contributed by atoms with E-state index in [1.54, 1.807) is 0 Å². The van der Waals surface area contributed by atoms with Crippen molar-refractivity contribution in [3.63, 3.8) is 0 Å². The molecule has 0 fully saturated rings. The van der Waals surface area contributed by atoms with Crippen molar-refractivity contribution in [3.8, 4) is 5.75 Å². The summed E-state index contributed by atoms with van der Waals surface area (Å²) in [6.45, 7) is 0. The number of hydrogen-bond acceptors (Lipinski definition) is 4. The maximum Gasteiger partial charge on any atom is 0.248 e. The number of hydrogen-bond donors (Lipinski definition) is 2. The highest BCUT2D eigenvalue weighted by atomic mass is 32.2. The van der Waals surface area contributed by atoms with Crippen molar-refractivity contribution >= 4 is 15.9 Å². The number of amides is 1. The number of nitrogens with two attached hydrogens (primary N) is 2. The fourth-order valence-corrected chi connectivity index (χ4v) is 1.85. The Balaban J connectivity index is 3.62. The fourth-order valence-electron chi connectivity index (χ4n) is 1.12. The van der Waals surface area contributed by atoms with Crippen molar-refractivity contribution in [3.05, 3.63) is 23.5 Å². The molecule has 8 heteroatoms. The molecular weight excluding hydrogens is 239 g/mol. The first-order chi connectivity index (χ1) is 7.27. The second kappa shape index (κ2) is 4.06. The number of halogens is 1. The van der Waals surface area contributed by atoms with E-state index in [9.17, 15) is 17.6 Å². The molecule has 6 nitrogen and oxygen atoms in total. The molecule has 0 heterocycles. The zero-order chi connectivity index (χ0) is 12.5. The molecule has 0 saturated carbocycles. The SMILES string of the molecule is COc1c(F)cc(C(N)=O)cc1S(N)(=O)=O. The van der Waals surface area contributed by atoms with Gasteiger partial charge in [-0.25, -0.2) is 17.9 Å². The highest BCUT2D eigenvalue weighted by Gasteiger charge is 2.21. The van der Waals surface area contributed by atoms with Crippen LogP contribution in [0.2, 0.25) is 0 Å². The van der Waals surface area contributed by atoms with Crippen molar-refractivity contribution in [2.75, 3.05) is 7.11 Å². The van der Waals surface area contributed by atoms with Crippen LogP contribution < -0.4 is 15.6 Å². The molecule has 88 valence electrons. The molecule has 16 heavy (non-hydrogen) atoms. The Morgan fingerprint density at radius 3 is 2.38 bits per heavy atom. The van der Waals surface area contributed by atoms with E-state index >= 15 is 0 Å². The monoisotopic (exact) mass is 248 g/mol. The quantitative estimate of drug-likeness (QED) is 0.756. The van der Waals surface area contributed by atoms with Gasteiger partial charge < -0.3 is 10.5 Å². The van der Waals surface area contributed by atoms with Crippen LogP contribution >= 0.6 is 0 Å². The summed E-state index contributed by atoms with van der Waals surface area (Å²) in [4.78, 5) is 10.2. The Hall–Kier alpha value is -1.67. The minimum absolute atomic E-state index is 0.303. The van der Waals surface area contributed by atoms with Gasteiger partial charge in [0.05, 0.1) is 7.11 Å². The normalized spacial score (nSPS) is 11.2. The molecule has 0 spiro atoms. The minimum atomic E-state index is -4.20. The molecule has 4 N–H and O–H groups in total. The first-order valence-electron chi connectivity index (χ1n) is 3.97. The van der Waals surface area contributed by atoms with Crippen molar-refractivity contribution in [1.82, 2.24) is 0 Å². The molecule has 1 aromatic rings. The lowest BCUT2D eigenvalue weighted by Gasteiger charge is -2.08. The van der Waals surface area contributed by atoms with Crippen LogP contribution in [0.3, 0.4) is 0 Å². The van der Waals surface area contributed by atoms with Crippen LogP contribution in [0.1, 0.15) is 10.4 Å². The predicted molar refractivity (Wildman–Crippen MR) is 52.8 cm³/mol. The second-order valence-corrected chi connectivity index (χ2v) is 4.43. The van der Waals surface area contributed by atoms with Crippen LogP contribution in [0.5, 0.6) is 5.75 Å². The number of sulfonamides is 1. The lowest BCUT2D eigenvalue weighted by atomic mass is 10.2. The smallest absolute Gasteiger partial charge is 0.248 e. The van der Waals surface area contributed by atoms with Gasteiger partial charge in [0.1, 0.15) is 4.90 Å². The number of primary sulfonamides is 1. The van der Waals surface area contributed by atoms with E-state index in [4.69, 9.17) is 10.9 Å². The second-order valence-electron chi connectivity index (χ2n) is 2.90. The Kier molecular flexibility index (Phi) is 3.15. The largest absolute Gasteiger partial charge is 0.492 e. The van der Waals surface area contributed by atoms with Gasteiger partial charge in [-0.1, -0.05) is 0 Å². The number of rotatable bonds is 3. The Labute approximate surface area is 91.0 Å². The van der Waals surface area contributed by atoms with Crippen LogP contribution in [0.4, 0.5) is 4.39 Å². The molecule has 0 bridgehead atoms. The number of primary amides is 1. The maximum atomic E-state index is 13.3. The molecule has 0 atom stereocenters. The van der Waals surface area contributed by atoms with E-state index in [1.165, 1.54) is 0 Å². The molecular formula is C8H9FN2O4S. The summed E-state index contributed by atoms with van der Waals surface area (Å²) in [5, 5.41) is 4.84. The summed E-state index contributed by atoms with van der Waals surface area (Å²) in [5.74, 6) is -2.54. The molecule has 0 aliphatic heterocycles. The van der Waals surface area contributed by atoms with Crippen LogP contribution in [0.25, 0.3) is 0 Å². The first kappa shape index (κ1) is 12.4. The van der Waals surface area contributed by atoms with Gasteiger partial charge in [-0.15, -0.1) is 0 Å². The minimum Gasteiger partial charge on any atom is -0.492 e. The Morgan fingerprint density at radius 1 is 1.44 bits per heavy atom. The molecule has 1 rings (SSSR count). The third-order valence-corrected chi connectivity index (χ3v) is 2.72. The number of carbonyl (C=O) groups excluding carboxylic acids is 1. The van der Waals surface area contributed by atoms with E-state index in [0.717, 1.165) is 19.2 Å². The first-order valence-corrected chi connectivity index (χ1v) is 5.52. The predicted octanol–water partition coefficient (Wildman–Crippen LogP) is -0.419. The number of benzene rings is 1. The van der Waals surface area contributed by atoms with Gasteiger partial charge >= 0.3 is 0 Å². The van der Waals surface area contributed by atoms with Gasteiger partial charge in [-0.05, 0) is 12.1 Å². The summed E-state index contributed by atoms with van der Waals surface area (Å²) in [6.07, 6.45) is 0. The highest BCUT2D eigenvalue weighted by Crippen LogP contribution is 2.27. The van der Waals surface area contributed by atoms with E-state index < -0.39 is 32.4 Å². The van der Waals surface area contributed by atoms with Gasteiger partial charge in [0, 0.05) is 5.56 Å². The summed E-state index contributed by atoms with van der Waals surface area (Å²) in [6, 6.07) is 1.63. The number of methoxy groups -OCH3 is 1. The van der Waals surface area contributed by atoms with Gasteiger partial charge in [-0.3, -0.25) is 4.79 Å². The van der Waals surface area contributed by atoms with Gasteiger partial charge in [0.25, 0.3) is 0 Å². The number of ether oxygens (including phenoxy) is 1. The summed E-state index contributed by atoms with van der Waals surface area (Å²) < 4.78 is 40.1. The number of carbonyl (C=O) groups is 1. The third-order valence-electron chi connectivity index (χ3n) is 1.80. The summed E-state index contributed by atoms with van der Waals surface area (Å²) in [5.41, 5.74) is 4.60. The summed E-state index contributed by atoms with van der Waals surface area (Å²) in [7, 11) is -3.12. The van der Waals surface area contributed by atoms with Crippen molar-refractivity contribution in [1.29, 1.82) is 0 Å². The summed E-state index contributed by atoms with van der Waals surface area (Å²) >= 11 is 0. The molecule has 0 saturated heterocycles. The van der Waals surface area contributed by atoms with E-state index in [0.29, 0.717) is 0 Å². The molecule has 0 unspecified atom stereocenters. The van der Waals surface area contributed by atoms with Gasteiger partial charge in [0.15, 0.2) is 11.6 Å². The lowest BCUT2D eigenvalue weighted by molar-refractivity contribution is 0.0999. The standard InChI is InChI=1S/C8H9FN2O4S/c1-15-7-5(9)2-4(8(10)12)3-6(7)16(11,13)14/h2-3H,1H3,(H2,10,12)(H2,11,13,14). The highest BCUT2D eigenvalue weighted by molar-refractivity contribution is 7.89. The Bertz CT molecular complexity index is 541. The zero-order valence-corrected chi connectivity index (χ0v) is 9.05. The van der Waals surface area contributed by atoms with E-state index in [1.807, 2.05) is 0 Å². The van der Waals surface area contributed by atoms with Crippen molar-refractivity contribution in [2.45, 2.75) is 4.90 Å². The maximum absolute atomic E-state index is 13.3. The van der Waals surface area contributed by atoms with E-state index in [-0.39, 0.29) is 5.56 Å². The average Bonchev–Trinajstić information content (AvgIpc) is 2.14.